The summed E-state index contributed by atoms with van der Waals surface area (Å²) in [5.74, 6) is 0.435. The Labute approximate surface area is 122 Å². The first-order valence-corrected chi connectivity index (χ1v) is 6.63. The van der Waals surface area contributed by atoms with Crippen molar-refractivity contribution in [2.24, 2.45) is 0 Å². The van der Waals surface area contributed by atoms with Gasteiger partial charge in [0.15, 0.2) is 0 Å². The van der Waals surface area contributed by atoms with Crippen LogP contribution in [0.2, 0.25) is 0 Å². The van der Waals surface area contributed by atoms with Gasteiger partial charge < -0.3 is 19.5 Å². The fourth-order valence-corrected chi connectivity index (χ4v) is 1.76. The highest BCUT2D eigenvalue weighted by molar-refractivity contribution is 6.58. The summed E-state index contributed by atoms with van der Waals surface area (Å²) in [5, 5.41) is 17.8. The van der Waals surface area contributed by atoms with E-state index in [9.17, 15) is 4.39 Å². The van der Waals surface area contributed by atoms with Crippen LogP contribution in [0.4, 0.5) is 4.39 Å². The molecule has 2 aromatic rings. The Balaban J connectivity index is 1.72. The van der Waals surface area contributed by atoms with Crippen LogP contribution in [0, 0.1) is 5.82 Å². The molecule has 2 aromatic carbocycles. The lowest BCUT2D eigenvalue weighted by molar-refractivity contribution is 0.247. The molecule has 2 rings (SSSR count). The van der Waals surface area contributed by atoms with Gasteiger partial charge in [0.2, 0.25) is 0 Å². The molecule has 0 atom stereocenters. The Morgan fingerprint density at radius 3 is 2.19 bits per heavy atom. The van der Waals surface area contributed by atoms with Gasteiger partial charge in [-0.15, -0.1) is 0 Å². The van der Waals surface area contributed by atoms with Crippen LogP contribution in [0.5, 0.6) is 11.5 Å². The summed E-state index contributed by atoms with van der Waals surface area (Å²) in [4.78, 5) is 0. The second-order valence-electron chi connectivity index (χ2n) is 4.42. The van der Waals surface area contributed by atoms with Crippen LogP contribution in [0.3, 0.4) is 0 Å². The third-order valence-electron chi connectivity index (χ3n) is 2.82. The Morgan fingerprint density at radius 2 is 1.57 bits per heavy atom. The Bertz CT molecular complexity index is 563. The predicted molar refractivity (Wildman–Crippen MR) is 78.3 cm³/mol. The van der Waals surface area contributed by atoms with Gasteiger partial charge in [0.25, 0.3) is 0 Å². The van der Waals surface area contributed by atoms with E-state index in [0.717, 1.165) is 11.8 Å². The molecule has 0 aliphatic heterocycles. The van der Waals surface area contributed by atoms with E-state index in [-0.39, 0.29) is 5.46 Å². The van der Waals surface area contributed by atoms with E-state index < -0.39 is 12.9 Å². The molecule has 0 aromatic heterocycles. The third kappa shape index (κ3) is 4.77. The highest BCUT2D eigenvalue weighted by Crippen LogP contribution is 2.12. The molecule has 0 aliphatic rings. The van der Waals surface area contributed by atoms with Crippen molar-refractivity contribution in [1.29, 1.82) is 0 Å². The summed E-state index contributed by atoms with van der Waals surface area (Å²) in [6.45, 7) is 0.882. The van der Waals surface area contributed by atoms with E-state index in [1.54, 1.807) is 0 Å². The predicted octanol–water partition coefficient (Wildman–Crippen LogP) is 1.35. The van der Waals surface area contributed by atoms with Gasteiger partial charge in [-0.1, -0.05) is 24.3 Å². The van der Waals surface area contributed by atoms with Crippen LogP contribution in [-0.2, 0) is 0 Å². The molecule has 0 radical (unpaired) electrons. The first-order chi connectivity index (χ1) is 10.2. The second kappa shape index (κ2) is 7.66. The van der Waals surface area contributed by atoms with Crippen molar-refractivity contribution in [1.82, 2.24) is 0 Å². The number of hydrogen-bond donors (Lipinski definition) is 2. The number of ether oxygens (including phenoxy) is 2. The average molecular weight is 290 g/mol. The fraction of sp³-hybridized carbons (Fsp3) is 0.200. The van der Waals surface area contributed by atoms with Gasteiger partial charge in [-0.25, -0.2) is 4.39 Å². The molecule has 6 heteroatoms. The Hall–Kier alpha value is -2.05. The van der Waals surface area contributed by atoms with Crippen molar-refractivity contribution >= 4 is 12.6 Å². The van der Waals surface area contributed by atoms with Gasteiger partial charge in [-0.05, 0) is 18.2 Å². The summed E-state index contributed by atoms with van der Waals surface area (Å²) >= 11 is 0. The van der Waals surface area contributed by atoms with Crippen LogP contribution in [-0.4, -0.2) is 30.4 Å². The van der Waals surface area contributed by atoms with Gasteiger partial charge in [0, 0.05) is 17.9 Å². The minimum atomic E-state index is -1.82. The molecule has 110 valence electrons. The maximum absolute atomic E-state index is 13.5. The number of para-hydroxylation sites is 1. The monoisotopic (exact) mass is 290 g/mol. The van der Waals surface area contributed by atoms with Crippen LogP contribution in [0.15, 0.2) is 48.5 Å². The molecular formula is C15H16BFO4. The quantitative estimate of drug-likeness (QED) is 0.597. The van der Waals surface area contributed by atoms with E-state index in [4.69, 9.17) is 19.5 Å². The first-order valence-electron chi connectivity index (χ1n) is 6.63. The normalized spacial score (nSPS) is 10.2. The van der Waals surface area contributed by atoms with E-state index >= 15 is 0 Å². The Morgan fingerprint density at radius 1 is 0.905 bits per heavy atom. The highest BCUT2D eigenvalue weighted by atomic mass is 19.1. The van der Waals surface area contributed by atoms with Gasteiger partial charge in [0.05, 0.1) is 13.2 Å². The smallest absolute Gasteiger partial charge is 0.491 e. The zero-order valence-corrected chi connectivity index (χ0v) is 11.4. The summed E-state index contributed by atoms with van der Waals surface area (Å²) in [5.41, 5.74) is -0.172. The lowest BCUT2D eigenvalue weighted by Gasteiger charge is -2.09. The molecule has 0 amide bonds. The zero-order valence-electron chi connectivity index (χ0n) is 11.4. The van der Waals surface area contributed by atoms with E-state index in [1.165, 1.54) is 12.1 Å². The minimum absolute atomic E-state index is 0.172. The minimum Gasteiger partial charge on any atom is -0.493 e. The van der Waals surface area contributed by atoms with Crippen LogP contribution >= 0.6 is 0 Å². The summed E-state index contributed by atoms with van der Waals surface area (Å²) in [7, 11) is -1.82. The molecule has 0 bridgehead atoms. The molecule has 0 saturated carbocycles. The molecule has 4 nitrogen and oxygen atoms in total. The second-order valence-corrected chi connectivity index (χ2v) is 4.42. The van der Waals surface area contributed by atoms with Gasteiger partial charge in [-0.3, -0.25) is 0 Å². The standard InChI is InChI=1S/C15H16BFO4/c17-15-11-13(7-8-14(15)16(18)19)21-10-4-9-20-12-5-2-1-3-6-12/h1-3,5-8,11,18-19H,4,9-10H2. The molecule has 0 fully saturated rings. The van der Waals surface area contributed by atoms with Crippen molar-refractivity contribution < 1.29 is 23.9 Å². The average Bonchev–Trinajstić information content (AvgIpc) is 2.47. The number of hydrogen-bond acceptors (Lipinski definition) is 4. The van der Waals surface area contributed by atoms with Crippen LogP contribution in [0.1, 0.15) is 6.42 Å². The number of halogens is 1. The molecule has 0 heterocycles. The van der Waals surface area contributed by atoms with Crippen molar-refractivity contribution in [3.63, 3.8) is 0 Å². The van der Waals surface area contributed by atoms with Crippen molar-refractivity contribution in [2.45, 2.75) is 6.42 Å². The fourth-order valence-electron chi connectivity index (χ4n) is 1.76. The molecular weight excluding hydrogens is 274 g/mol. The molecule has 21 heavy (non-hydrogen) atoms. The topological polar surface area (TPSA) is 58.9 Å². The molecule has 0 unspecified atom stereocenters. The summed E-state index contributed by atoms with van der Waals surface area (Å²) in [6, 6.07) is 13.4. The number of rotatable bonds is 7. The lowest BCUT2D eigenvalue weighted by Crippen LogP contribution is -2.32. The van der Waals surface area contributed by atoms with E-state index in [0.29, 0.717) is 25.4 Å². The van der Waals surface area contributed by atoms with E-state index in [1.807, 2.05) is 30.3 Å². The highest BCUT2D eigenvalue weighted by Gasteiger charge is 2.16. The molecule has 0 spiro atoms. The van der Waals surface area contributed by atoms with E-state index in [2.05, 4.69) is 0 Å². The SMILES string of the molecule is OB(O)c1ccc(OCCCOc2ccccc2)cc1F. The molecule has 0 aliphatic carbocycles. The van der Waals surface area contributed by atoms with Crippen LogP contribution in [0.25, 0.3) is 0 Å². The maximum atomic E-state index is 13.5. The van der Waals surface area contributed by atoms with Crippen LogP contribution < -0.4 is 14.9 Å². The maximum Gasteiger partial charge on any atom is 0.491 e. The van der Waals surface area contributed by atoms with Crippen molar-refractivity contribution in [3.05, 3.63) is 54.3 Å². The molecule has 2 N–H and O–H groups in total. The lowest BCUT2D eigenvalue weighted by atomic mass is 9.80. The Kier molecular flexibility index (Phi) is 5.60. The van der Waals surface area contributed by atoms with Gasteiger partial charge in [-0.2, -0.15) is 0 Å². The van der Waals surface area contributed by atoms with Crippen molar-refractivity contribution in [3.8, 4) is 11.5 Å². The molecule has 0 saturated heterocycles. The van der Waals surface area contributed by atoms with Gasteiger partial charge in [0.1, 0.15) is 17.3 Å². The first kappa shape index (κ1) is 15.3. The van der Waals surface area contributed by atoms with Gasteiger partial charge >= 0.3 is 7.12 Å². The summed E-state index contributed by atoms with van der Waals surface area (Å²) < 4.78 is 24.3. The largest absolute Gasteiger partial charge is 0.493 e. The van der Waals surface area contributed by atoms with Crippen molar-refractivity contribution in [2.75, 3.05) is 13.2 Å². The summed E-state index contributed by atoms with van der Waals surface area (Å²) in [6.07, 6.45) is 0.654. The number of benzene rings is 2. The third-order valence-corrected chi connectivity index (χ3v) is 2.82. The zero-order chi connectivity index (χ0) is 15.1.